The van der Waals surface area contributed by atoms with Crippen molar-refractivity contribution in [3.8, 4) is 5.88 Å². The van der Waals surface area contributed by atoms with E-state index in [4.69, 9.17) is 16.3 Å². The fourth-order valence-electron chi connectivity index (χ4n) is 3.06. The van der Waals surface area contributed by atoms with Crippen LogP contribution in [0.4, 0.5) is 0 Å². The molecule has 0 bridgehead atoms. The molecule has 0 radical (unpaired) electrons. The molecule has 0 aliphatic carbocycles. The minimum absolute atomic E-state index is 0.126. The Kier molecular flexibility index (Phi) is 7.93. The summed E-state index contributed by atoms with van der Waals surface area (Å²) in [7, 11) is 1.56. The van der Waals surface area contributed by atoms with E-state index >= 15 is 0 Å². The van der Waals surface area contributed by atoms with Crippen molar-refractivity contribution in [3.05, 3.63) is 22.8 Å². The van der Waals surface area contributed by atoms with Crippen molar-refractivity contribution in [1.82, 2.24) is 20.5 Å². The second kappa shape index (κ2) is 9.94. The first-order chi connectivity index (χ1) is 12.0. The average Bonchev–Trinajstić information content (AvgIpc) is 2.61. The Balaban J connectivity index is 1.77. The van der Waals surface area contributed by atoms with Crippen LogP contribution in [0.1, 0.15) is 44.7 Å². The first-order valence-corrected chi connectivity index (χ1v) is 9.35. The van der Waals surface area contributed by atoms with Gasteiger partial charge in [-0.15, -0.1) is 0 Å². The third kappa shape index (κ3) is 6.13. The highest BCUT2D eigenvalue weighted by molar-refractivity contribution is 6.31. The molecule has 1 saturated heterocycles. The lowest BCUT2D eigenvalue weighted by molar-refractivity contribution is -0.122. The predicted molar refractivity (Wildman–Crippen MR) is 100 cm³/mol. The lowest BCUT2D eigenvalue weighted by atomic mass is 10.0. The Morgan fingerprint density at radius 3 is 2.80 bits per heavy atom. The highest BCUT2D eigenvalue weighted by atomic mass is 35.5. The number of hydrogen-bond donors (Lipinski definition) is 2. The Morgan fingerprint density at radius 2 is 2.20 bits per heavy atom. The summed E-state index contributed by atoms with van der Waals surface area (Å²) in [6, 6.07) is 2.50. The van der Waals surface area contributed by atoms with E-state index in [1.54, 1.807) is 13.3 Å². The third-order valence-electron chi connectivity index (χ3n) is 4.53. The van der Waals surface area contributed by atoms with Crippen LogP contribution in [0.25, 0.3) is 0 Å². The SMILES string of the molecule is CCCNC(=O)CN1CCC(NC(C)c2cnc(OC)c(Cl)c2)CC1. The van der Waals surface area contributed by atoms with Crippen molar-refractivity contribution < 1.29 is 9.53 Å². The van der Waals surface area contributed by atoms with E-state index in [-0.39, 0.29) is 11.9 Å². The van der Waals surface area contributed by atoms with Crippen LogP contribution < -0.4 is 15.4 Å². The van der Waals surface area contributed by atoms with Crippen LogP contribution in [0.5, 0.6) is 5.88 Å². The zero-order chi connectivity index (χ0) is 18.2. The number of halogens is 1. The lowest BCUT2D eigenvalue weighted by Crippen LogP contribution is -2.46. The minimum atomic E-state index is 0.126. The molecule has 1 fully saturated rings. The number of methoxy groups -OCH3 is 1. The maximum atomic E-state index is 11.8. The van der Waals surface area contributed by atoms with Crippen molar-refractivity contribution in [2.75, 3.05) is 33.3 Å². The Bertz CT molecular complexity index is 562. The zero-order valence-electron chi connectivity index (χ0n) is 15.3. The normalized spacial score (nSPS) is 17.3. The molecule has 1 aliphatic heterocycles. The van der Waals surface area contributed by atoms with Crippen LogP contribution in [0.2, 0.25) is 5.02 Å². The summed E-state index contributed by atoms with van der Waals surface area (Å²) >= 11 is 6.16. The monoisotopic (exact) mass is 368 g/mol. The predicted octanol–water partition coefficient (Wildman–Crippen LogP) is 2.38. The largest absolute Gasteiger partial charge is 0.480 e. The van der Waals surface area contributed by atoms with Gasteiger partial charge in [0.15, 0.2) is 0 Å². The number of carbonyl (C=O) groups is 1. The van der Waals surface area contributed by atoms with Crippen LogP contribution in [0.15, 0.2) is 12.3 Å². The number of pyridine rings is 1. The molecule has 0 spiro atoms. The first kappa shape index (κ1) is 19.9. The van der Waals surface area contributed by atoms with Gasteiger partial charge in [-0.2, -0.15) is 0 Å². The molecule has 1 aromatic rings. The van der Waals surface area contributed by atoms with Gasteiger partial charge in [0.05, 0.1) is 13.7 Å². The molecular weight excluding hydrogens is 340 g/mol. The zero-order valence-corrected chi connectivity index (χ0v) is 16.1. The Hall–Kier alpha value is -1.37. The molecule has 1 unspecified atom stereocenters. The molecule has 2 heterocycles. The van der Waals surface area contributed by atoms with Gasteiger partial charge in [-0.1, -0.05) is 18.5 Å². The number of carbonyl (C=O) groups excluding carboxylic acids is 1. The standard InChI is InChI=1S/C18H29ClN4O2/c1-4-7-20-17(24)12-23-8-5-15(6-9-23)22-13(2)14-10-16(19)18(25-3)21-11-14/h10-11,13,15,22H,4-9,12H2,1-3H3,(H,20,24). The van der Waals surface area contributed by atoms with Crippen molar-refractivity contribution in [2.24, 2.45) is 0 Å². The summed E-state index contributed by atoms with van der Waals surface area (Å²) < 4.78 is 5.10. The fraction of sp³-hybridized carbons (Fsp3) is 0.667. The van der Waals surface area contributed by atoms with Gasteiger partial charge in [-0.25, -0.2) is 4.98 Å². The molecule has 6 nitrogen and oxygen atoms in total. The van der Waals surface area contributed by atoms with E-state index in [1.165, 1.54) is 0 Å². The number of aromatic nitrogens is 1. The van der Waals surface area contributed by atoms with Crippen molar-refractivity contribution in [2.45, 2.75) is 45.2 Å². The average molecular weight is 369 g/mol. The third-order valence-corrected chi connectivity index (χ3v) is 4.81. The number of nitrogens with zero attached hydrogens (tertiary/aromatic N) is 2. The summed E-state index contributed by atoms with van der Waals surface area (Å²) in [5.41, 5.74) is 1.05. The highest BCUT2D eigenvalue weighted by Gasteiger charge is 2.22. The quantitative estimate of drug-likeness (QED) is 0.737. The Labute approximate surface area is 155 Å². The topological polar surface area (TPSA) is 66.5 Å². The molecule has 1 amide bonds. The number of likely N-dealkylation sites (tertiary alicyclic amines) is 1. The molecule has 140 valence electrons. The molecule has 0 aromatic carbocycles. The van der Waals surface area contributed by atoms with Gasteiger partial charge < -0.3 is 15.4 Å². The molecular formula is C18H29ClN4O2. The molecule has 7 heteroatoms. The molecule has 0 saturated carbocycles. The van der Waals surface area contributed by atoms with Crippen molar-refractivity contribution >= 4 is 17.5 Å². The van der Waals surface area contributed by atoms with E-state index in [1.807, 2.05) is 6.07 Å². The highest BCUT2D eigenvalue weighted by Crippen LogP contribution is 2.25. The van der Waals surface area contributed by atoms with Gasteiger partial charge in [0, 0.05) is 37.9 Å². The van der Waals surface area contributed by atoms with Gasteiger partial charge >= 0.3 is 0 Å². The summed E-state index contributed by atoms with van der Waals surface area (Å²) in [5.74, 6) is 0.577. The van der Waals surface area contributed by atoms with Gasteiger partial charge in [-0.3, -0.25) is 9.69 Å². The van der Waals surface area contributed by atoms with Crippen molar-refractivity contribution in [1.29, 1.82) is 0 Å². The minimum Gasteiger partial charge on any atom is -0.480 e. The van der Waals surface area contributed by atoms with E-state index < -0.39 is 0 Å². The number of ether oxygens (including phenoxy) is 1. The number of nitrogens with one attached hydrogen (secondary N) is 2. The van der Waals surface area contributed by atoms with Crippen LogP contribution >= 0.6 is 11.6 Å². The van der Waals surface area contributed by atoms with E-state index in [0.29, 0.717) is 23.5 Å². The Morgan fingerprint density at radius 1 is 1.48 bits per heavy atom. The van der Waals surface area contributed by atoms with E-state index in [2.05, 4.69) is 34.4 Å². The van der Waals surface area contributed by atoms with E-state index in [0.717, 1.165) is 44.5 Å². The molecule has 1 aliphatic rings. The number of rotatable bonds is 8. The molecule has 25 heavy (non-hydrogen) atoms. The summed E-state index contributed by atoms with van der Waals surface area (Å²) in [6.07, 6.45) is 4.83. The van der Waals surface area contributed by atoms with E-state index in [9.17, 15) is 4.79 Å². The summed E-state index contributed by atoms with van der Waals surface area (Å²) in [5, 5.41) is 7.10. The van der Waals surface area contributed by atoms with Crippen molar-refractivity contribution in [3.63, 3.8) is 0 Å². The smallest absolute Gasteiger partial charge is 0.234 e. The number of amides is 1. The van der Waals surface area contributed by atoms with Gasteiger partial charge in [0.25, 0.3) is 0 Å². The lowest BCUT2D eigenvalue weighted by Gasteiger charge is -2.33. The number of hydrogen-bond acceptors (Lipinski definition) is 5. The van der Waals surface area contributed by atoms with Crippen LogP contribution in [0.3, 0.4) is 0 Å². The summed E-state index contributed by atoms with van der Waals surface area (Å²) in [6.45, 7) is 7.30. The molecule has 2 N–H and O–H groups in total. The maximum Gasteiger partial charge on any atom is 0.234 e. The van der Waals surface area contributed by atoms with Crippen LogP contribution in [-0.4, -0.2) is 55.1 Å². The van der Waals surface area contributed by atoms with Crippen LogP contribution in [0, 0.1) is 0 Å². The number of piperidine rings is 1. The second-order valence-electron chi connectivity index (χ2n) is 6.55. The van der Waals surface area contributed by atoms with Gasteiger partial charge in [-0.05, 0) is 37.8 Å². The van der Waals surface area contributed by atoms with Gasteiger partial charge in [0.2, 0.25) is 11.8 Å². The van der Waals surface area contributed by atoms with Crippen LogP contribution in [-0.2, 0) is 4.79 Å². The first-order valence-electron chi connectivity index (χ1n) is 8.98. The van der Waals surface area contributed by atoms with Gasteiger partial charge in [0.1, 0.15) is 5.02 Å². The maximum absolute atomic E-state index is 11.8. The molecule has 1 atom stereocenters. The second-order valence-corrected chi connectivity index (χ2v) is 6.96. The fourth-order valence-corrected chi connectivity index (χ4v) is 3.31. The summed E-state index contributed by atoms with van der Waals surface area (Å²) in [4.78, 5) is 18.3. The molecule has 1 aromatic heterocycles. The molecule has 2 rings (SSSR count).